The van der Waals surface area contributed by atoms with Gasteiger partial charge in [-0.15, -0.1) is 0 Å². The number of fused-ring (bicyclic) bond motifs is 1. The second kappa shape index (κ2) is 7.06. The van der Waals surface area contributed by atoms with Crippen molar-refractivity contribution in [3.8, 4) is 39.8 Å². The molecule has 0 atom stereocenters. The Bertz CT molecular complexity index is 1350. The minimum atomic E-state index is 0.556. The highest BCUT2D eigenvalue weighted by molar-refractivity contribution is 5.97. The van der Waals surface area contributed by atoms with Gasteiger partial charge >= 0.3 is 0 Å². The van der Waals surface area contributed by atoms with Gasteiger partial charge in [0.25, 0.3) is 0 Å². The van der Waals surface area contributed by atoms with Crippen LogP contribution in [0.2, 0.25) is 0 Å². The Morgan fingerprint density at radius 1 is 0.793 bits per heavy atom. The summed E-state index contributed by atoms with van der Waals surface area (Å²) in [7, 11) is 0. The van der Waals surface area contributed by atoms with Crippen molar-refractivity contribution >= 4 is 10.9 Å². The van der Waals surface area contributed by atoms with Gasteiger partial charge in [0.15, 0.2) is 0 Å². The molecule has 5 aromatic rings. The van der Waals surface area contributed by atoms with E-state index in [4.69, 9.17) is 4.98 Å². The average Bonchev–Trinajstić information content (AvgIpc) is 3.23. The van der Waals surface area contributed by atoms with E-state index in [0.29, 0.717) is 11.3 Å². The van der Waals surface area contributed by atoms with Crippen molar-refractivity contribution in [1.82, 2.24) is 15.0 Å². The Balaban J connectivity index is 1.85. The number of aromatic nitrogens is 3. The lowest BCUT2D eigenvalue weighted by Crippen LogP contribution is -1.97. The molecule has 29 heavy (non-hydrogen) atoms. The van der Waals surface area contributed by atoms with Crippen molar-refractivity contribution < 1.29 is 0 Å². The summed E-state index contributed by atoms with van der Waals surface area (Å²) in [5, 5.41) is 11.1. The number of hydrogen-bond donors (Lipinski definition) is 1. The Labute approximate surface area is 168 Å². The van der Waals surface area contributed by atoms with Crippen molar-refractivity contribution in [3.63, 3.8) is 0 Å². The molecular weight excluding hydrogens is 356 g/mol. The van der Waals surface area contributed by atoms with Crippen LogP contribution in [0.25, 0.3) is 44.7 Å². The SMILES string of the molecule is N#Cc1c(-c2ccccc2)cc(-c2ccccn2)nc1-c1c[nH]c2ccccc12. The summed E-state index contributed by atoms with van der Waals surface area (Å²) < 4.78 is 0. The Morgan fingerprint density at radius 3 is 2.38 bits per heavy atom. The van der Waals surface area contributed by atoms with E-state index in [0.717, 1.165) is 39.0 Å². The molecule has 0 aliphatic heterocycles. The molecule has 1 N–H and O–H groups in total. The predicted molar refractivity (Wildman–Crippen MR) is 115 cm³/mol. The van der Waals surface area contributed by atoms with Gasteiger partial charge < -0.3 is 4.98 Å². The molecular formula is C25H16N4. The molecule has 2 aromatic carbocycles. The van der Waals surface area contributed by atoms with Crippen molar-refractivity contribution in [1.29, 1.82) is 5.26 Å². The summed E-state index contributed by atoms with van der Waals surface area (Å²) >= 11 is 0. The number of para-hydroxylation sites is 1. The van der Waals surface area contributed by atoms with E-state index in [2.05, 4.69) is 16.0 Å². The van der Waals surface area contributed by atoms with Crippen LogP contribution < -0.4 is 0 Å². The maximum atomic E-state index is 10.1. The van der Waals surface area contributed by atoms with Gasteiger partial charge in [0.2, 0.25) is 0 Å². The summed E-state index contributed by atoms with van der Waals surface area (Å²) in [6, 6.07) is 28.1. The Kier molecular flexibility index (Phi) is 4.12. The van der Waals surface area contributed by atoms with Crippen molar-refractivity contribution in [2.45, 2.75) is 0 Å². The third-order valence-corrected chi connectivity index (χ3v) is 4.99. The summed E-state index contributed by atoms with van der Waals surface area (Å²) in [6.07, 6.45) is 3.67. The number of rotatable bonds is 3. The third-order valence-electron chi connectivity index (χ3n) is 4.99. The average molecular weight is 372 g/mol. The predicted octanol–water partition coefficient (Wildman–Crippen LogP) is 5.83. The molecule has 136 valence electrons. The summed E-state index contributed by atoms with van der Waals surface area (Å²) in [5.74, 6) is 0. The first-order valence-electron chi connectivity index (χ1n) is 9.33. The van der Waals surface area contributed by atoms with E-state index in [1.54, 1.807) is 6.20 Å². The molecule has 0 unspecified atom stereocenters. The molecule has 0 fully saturated rings. The fourth-order valence-corrected chi connectivity index (χ4v) is 3.61. The quantitative estimate of drug-likeness (QED) is 0.433. The molecule has 3 heterocycles. The summed E-state index contributed by atoms with van der Waals surface area (Å²) in [5.41, 5.74) is 6.48. The molecule has 0 aliphatic rings. The van der Waals surface area contributed by atoms with E-state index >= 15 is 0 Å². The second-order valence-electron chi connectivity index (χ2n) is 6.72. The maximum Gasteiger partial charge on any atom is 0.102 e. The highest BCUT2D eigenvalue weighted by atomic mass is 14.8. The lowest BCUT2D eigenvalue weighted by atomic mass is 9.95. The minimum absolute atomic E-state index is 0.556. The first-order chi connectivity index (χ1) is 14.3. The number of nitriles is 1. The lowest BCUT2D eigenvalue weighted by molar-refractivity contribution is 1.24. The summed E-state index contributed by atoms with van der Waals surface area (Å²) in [4.78, 5) is 12.6. The van der Waals surface area contributed by atoms with Gasteiger partial charge in [-0.1, -0.05) is 54.6 Å². The smallest absolute Gasteiger partial charge is 0.102 e. The van der Waals surface area contributed by atoms with E-state index in [9.17, 15) is 5.26 Å². The largest absolute Gasteiger partial charge is 0.360 e. The van der Waals surface area contributed by atoms with E-state index in [1.807, 2.05) is 85.1 Å². The van der Waals surface area contributed by atoms with Crippen LogP contribution in [0.5, 0.6) is 0 Å². The molecule has 0 aliphatic carbocycles. The number of nitrogens with zero attached hydrogens (tertiary/aromatic N) is 3. The molecule has 4 heteroatoms. The minimum Gasteiger partial charge on any atom is -0.360 e. The number of H-pyrrole nitrogens is 1. The second-order valence-corrected chi connectivity index (χ2v) is 6.72. The van der Waals surface area contributed by atoms with Crippen LogP contribution in [0.4, 0.5) is 0 Å². The topological polar surface area (TPSA) is 65.4 Å². The third kappa shape index (κ3) is 2.95. The number of aromatic amines is 1. The van der Waals surface area contributed by atoms with Gasteiger partial charge in [-0.2, -0.15) is 5.26 Å². The Hall–Kier alpha value is -4.23. The van der Waals surface area contributed by atoms with Crippen molar-refractivity contribution in [2.24, 2.45) is 0 Å². The van der Waals surface area contributed by atoms with Crippen LogP contribution in [-0.4, -0.2) is 15.0 Å². The highest BCUT2D eigenvalue weighted by Crippen LogP contribution is 2.36. The van der Waals surface area contributed by atoms with Gasteiger partial charge in [-0.25, -0.2) is 4.98 Å². The molecule has 0 saturated heterocycles. The number of hydrogen-bond acceptors (Lipinski definition) is 3. The molecule has 0 bridgehead atoms. The lowest BCUT2D eigenvalue weighted by Gasteiger charge is -2.12. The van der Waals surface area contributed by atoms with Gasteiger partial charge in [-0.05, 0) is 29.8 Å². The zero-order chi connectivity index (χ0) is 19.6. The molecule has 0 amide bonds. The highest BCUT2D eigenvalue weighted by Gasteiger charge is 2.19. The molecule has 3 aromatic heterocycles. The number of pyridine rings is 2. The van der Waals surface area contributed by atoms with Crippen molar-refractivity contribution in [2.75, 3.05) is 0 Å². The van der Waals surface area contributed by atoms with Crippen LogP contribution >= 0.6 is 0 Å². The molecule has 5 rings (SSSR count). The van der Waals surface area contributed by atoms with Crippen LogP contribution in [0.3, 0.4) is 0 Å². The fraction of sp³-hybridized carbons (Fsp3) is 0. The first-order valence-corrected chi connectivity index (χ1v) is 9.33. The van der Waals surface area contributed by atoms with Gasteiger partial charge in [0.05, 0.1) is 22.6 Å². The Morgan fingerprint density at radius 2 is 1.59 bits per heavy atom. The van der Waals surface area contributed by atoms with Gasteiger partial charge in [0, 0.05) is 34.4 Å². The van der Waals surface area contributed by atoms with Crippen LogP contribution in [0.15, 0.2) is 91.3 Å². The zero-order valence-electron chi connectivity index (χ0n) is 15.5. The van der Waals surface area contributed by atoms with Crippen LogP contribution in [0, 0.1) is 11.3 Å². The normalized spacial score (nSPS) is 10.7. The number of benzene rings is 2. The molecule has 0 spiro atoms. The van der Waals surface area contributed by atoms with Crippen molar-refractivity contribution in [3.05, 3.63) is 96.8 Å². The van der Waals surface area contributed by atoms with Gasteiger partial charge in [0.1, 0.15) is 6.07 Å². The standard InChI is InChI=1S/C25H16N4/c26-15-20-19(17-8-2-1-3-9-17)14-24(23-12-6-7-13-27-23)29-25(20)21-16-28-22-11-5-4-10-18(21)22/h1-14,16,28H. The number of nitrogens with one attached hydrogen (secondary N) is 1. The zero-order valence-corrected chi connectivity index (χ0v) is 15.5. The monoisotopic (exact) mass is 372 g/mol. The molecule has 0 saturated carbocycles. The summed E-state index contributed by atoms with van der Waals surface area (Å²) in [6.45, 7) is 0. The fourth-order valence-electron chi connectivity index (χ4n) is 3.61. The molecule has 0 radical (unpaired) electrons. The van der Waals surface area contributed by atoms with Gasteiger partial charge in [-0.3, -0.25) is 4.98 Å². The van der Waals surface area contributed by atoms with Crippen LogP contribution in [-0.2, 0) is 0 Å². The van der Waals surface area contributed by atoms with Crippen LogP contribution in [0.1, 0.15) is 5.56 Å². The van der Waals surface area contributed by atoms with E-state index < -0.39 is 0 Å². The maximum absolute atomic E-state index is 10.1. The first kappa shape index (κ1) is 16.9. The molecule has 4 nitrogen and oxygen atoms in total. The van der Waals surface area contributed by atoms with E-state index in [1.165, 1.54) is 0 Å². The van der Waals surface area contributed by atoms with E-state index in [-0.39, 0.29) is 0 Å².